The third-order valence-corrected chi connectivity index (χ3v) is 6.00. The van der Waals surface area contributed by atoms with Gasteiger partial charge in [-0.1, -0.05) is 48.5 Å². The lowest BCUT2D eigenvalue weighted by atomic mass is 10.1. The van der Waals surface area contributed by atoms with E-state index in [4.69, 9.17) is 4.84 Å². The summed E-state index contributed by atoms with van der Waals surface area (Å²) in [7, 11) is 0. The predicted molar refractivity (Wildman–Crippen MR) is 135 cm³/mol. The average molecular weight is 474 g/mol. The van der Waals surface area contributed by atoms with Crippen molar-refractivity contribution in [3.05, 3.63) is 88.9 Å². The molecule has 0 fully saturated rings. The van der Waals surface area contributed by atoms with E-state index in [0.717, 1.165) is 31.9 Å². The lowest BCUT2D eigenvalue weighted by Crippen LogP contribution is -2.33. The van der Waals surface area contributed by atoms with Crippen LogP contribution < -0.4 is 10.8 Å². The number of hydrogen-bond donors (Lipinski definition) is 2. The van der Waals surface area contributed by atoms with Crippen molar-refractivity contribution in [3.63, 3.8) is 0 Å². The van der Waals surface area contributed by atoms with Crippen LogP contribution in [0.4, 0.5) is 0 Å². The Balaban J connectivity index is 1.35. The molecule has 4 rings (SSSR count). The van der Waals surface area contributed by atoms with Crippen molar-refractivity contribution in [2.75, 3.05) is 0 Å². The minimum Gasteiger partial charge on any atom is -0.352 e. The van der Waals surface area contributed by atoms with Crippen LogP contribution in [0.15, 0.2) is 72.8 Å². The number of thiazole rings is 1. The van der Waals surface area contributed by atoms with Crippen LogP contribution in [0.2, 0.25) is 0 Å². The van der Waals surface area contributed by atoms with Crippen LogP contribution >= 0.6 is 11.3 Å². The largest absolute Gasteiger partial charge is 0.352 e. The van der Waals surface area contributed by atoms with Crippen molar-refractivity contribution >= 4 is 33.4 Å². The first-order valence-corrected chi connectivity index (χ1v) is 11.9. The van der Waals surface area contributed by atoms with Gasteiger partial charge in [-0.2, -0.15) is 0 Å². The number of carbonyl (C=O) groups excluding carboxylic acids is 2. The standard InChI is InChI=1S/C27H27N3O3S/c1-27(2,3)33-30-26(32)21-11-7-8-18(14-21)17-28-24(31)16-25-29-22-13-12-20(15-23(22)34-25)19-9-5-4-6-10-19/h4-15H,16-17H2,1-3H3,(H,28,31)(H,30,32). The van der Waals surface area contributed by atoms with Gasteiger partial charge in [-0.3, -0.25) is 14.4 Å². The second kappa shape index (κ2) is 10.2. The second-order valence-corrected chi connectivity index (χ2v) is 10.1. The van der Waals surface area contributed by atoms with Crippen molar-refractivity contribution in [2.24, 2.45) is 0 Å². The van der Waals surface area contributed by atoms with E-state index >= 15 is 0 Å². The summed E-state index contributed by atoms with van der Waals surface area (Å²) >= 11 is 1.53. The molecule has 3 aromatic carbocycles. The summed E-state index contributed by atoms with van der Waals surface area (Å²) in [6, 6.07) is 23.4. The lowest BCUT2D eigenvalue weighted by molar-refractivity contribution is -0.120. The van der Waals surface area contributed by atoms with Crippen LogP contribution in [-0.4, -0.2) is 22.4 Å². The normalized spacial score (nSPS) is 11.4. The Labute approximate surface area is 202 Å². The Bertz CT molecular complexity index is 1310. The highest BCUT2D eigenvalue weighted by Crippen LogP contribution is 2.28. The van der Waals surface area contributed by atoms with E-state index in [0.29, 0.717) is 12.1 Å². The molecule has 174 valence electrons. The van der Waals surface area contributed by atoms with Crippen LogP contribution in [0.25, 0.3) is 21.3 Å². The van der Waals surface area contributed by atoms with Crippen LogP contribution in [0.5, 0.6) is 0 Å². The minimum absolute atomic E-state index is 0.117. The molecule has 2 amide bonds. The zero-order valence-corrected chi connectivity index (χ0v) is 20.2. The van der Waals surface area contributed by atoms with Gasteiger partial charge in [-0.15, -0.1) is 11.3 Å². The van der Waals surface area contributed by atoms with Gasteiger partial charge in [0.2, 0.25) is 5.91 Å². The van der Waals surface area contributed by atoms with E-state index in [-0.39, 0.29) is 18.2 Å². The maximum absolute atomic E-state index is 12.5. The number of nitrogens with zero attached hydrogens (tertiary/aromatic N) is 1. The Morgan fingerprint density at radius 3 is 2.50 bits per heavy atom. The van der Waals surface area contributed by atoms with E-state index in [1.54, 1.807) is 18.2 Å². The molecule has 0 unspecified atom stereocenters. The molecule has 0 atom stereocenters. The number of fused-ring (bicyclic) bond motifs is 1. The van der Waals surface area contributed by atoms with Gasteiger partial charge in [0.05, 0.1) is 22.2 Å². The summed E-state index contributed by atoms with van der Waals surface area (Å²) in [6.07, 6.45) is 0.208. The highest BCUT2D eigenvalue weighted by atomic mass is 32.1. The van der Waals surface area contributed by atoms with E-state index in [2.05, 4.69) is 40.0 Å². The fourth-order valence-corrected chi connectivity index (χ4v) is 4.34. The fourth-order valence-electron chi connectivity index (χ4n) is 3.34. The molecule has 1 heterocycles. The Morgan fingerprint density at radius 2 is 1.74 bits per heavy atom. The van der Waals surface area contributed by atoms with Crippen molar-refractivity contribution in [3.8, 4) is 11.1 Å². The molecule has 0 saturated heterocycles. The van der Waals surface area contributed by atoms with Gasteiger partial charge in [-0.25, -0.2) is 10.5 Å². The third kappa shape index (κ3) is 6.27. The Hall–Kier alpha value is -3.55. The molecule has 6 nitrogen and oxygen atoms in total. The number of amides is 2. The molecule has 2 N–H and O–H groups in total. The quantitative estimate of drug-likeness (QED) is 0.358. The van der Waals surface area contributed by atoms with E-state index < -0.39 is 5.60 Å². The topological polar surface area (TPSA) is 80.3 Å². The number of hydroxylamine groups is 1. The number of nitrogens with one attached hydrogen (secondary N) is 2. The first-order valence-electron chi connectivity index (χ1n) is 11.1. The third-order valence-electron chi connectivity index (χ3n) is 4.98. The summed E-state index contributed by atoms with van der Waals surface area (Å²) in [4.78, 5) is 34.8. The number of hydrogen-bond acceptors (Lipinski definition) is 5. The molecule has 0 aliphatic rings. The molecule has 34 heavy (non-hydrogen) atoms. The molecule has 0 radical (unpaired) electrons. The van der Waals surface area contributed by atoms with Crippen molar-refractivity contribution in [1.29, 1.82) is 0 Å². The number of benzene rings is 3. The van der Waals surface area contributed by atoms with Gasteiger partial charge >= 0.3 is 0 Å². The number of aromatic nitrogens is 1. The monoisotopic (exact) mass is 473 g/mol. The van der Waals surface area contributed by atoms with Crippen LogP contribution in [0, 0.1) is 0 Å². The molecular weight excluding hydrogens is 446 g/mol. The first-order chi connectivity index (χ1) is 16.3. The van der Waals surface area contributed by atoms with Gasteiger partial charge < -0.3 is 5.32 Å². The zero-order valence-electron chi connectivity index (χ0n) is 19.4. The van der Waals surface area contributed by atoms with E-state index in [1.807, 2.05) is 51.1 Å². The molecular formula is C27H27N3O3S. The van der Waals surface area contributed by atoms with Crippen molar-refractivity contribution < 1.29 is 14.4 Å². The molecule has 0 bridgehead atoms. The molecule has 1 aromatic heterocycles. The fraction of sp³-hybridized carbons (Fsp3) is 0.222. The number of rotatable bonds is 7. The highest BCUT2D eigenvalue weighted by molar-refractivity contribution is 7.18. The van der Waals surface area contributed by atoms with Crippen LogP contribution in [0.3, 0.4) is 0 Å². The summed E-state index contributed by atoms with van der Waals surface area (Å²) < 4.78 is 1.06. The Morgan fingerprint density at radius 1 is 0.941 bits per heavy atom. The smallest absolute Gasteiger partial charge is 0.274 e. The van der Waals surface area contributed by atoms with E-state index in [1.165, 1.54) is 11.3 Å². The second-order valence-electron chi connectivity index (χ2n) is 8.96. The zero-order chi connectivity index (χ0) is 24.1. The van der Waals surface area contributed by atoms with Gasteiger partial charge in [0.1, 0.15) is 5.01 Å². The molecule has 7 heteroatoms. The summed E-state index contributed by atoms with van der Waals surface area (Å²) in [5.74, 6) is -0.444. The maximum Gasteiger partial charge on any atom is 0.274 e. The van der Waals surface area contributed by atoms with Gasteiger partial charge in [0.15, 0.2) is 0 Å². The van der Waals surface area contributed by atoms with Gasteiger partial charge in [0, 0.05) is 12.1 Å². The molecule has 0 aliphatic heterocycles. The first kappa shape index (κ1) is 23.6. The SMILES string of the molecule is CC(C)(C)ONC(=O)c1cccc(CNC(=O)Cc2nc3ccc(-c4ccccc4)cc3s2)c1. The molecule has 0 saturated carbocycles. The highest BCUT2D eigenvalue weighted by Gasteiger charge is 2.15. The summed E-state index contributed by atoms with van der Waals surface area (Å²) in [6.45, 7) is 5.88. The number of carbonyl (C=O) groups is 2. The van der Waals surface area contributed by atoms with Crippen LogP contribution in [-0.2, 0) is 22.6 Å². The molecule has 0 spiro atoms. The van der Waals surface area contributed by atoms with Crippen LogP contribution in [0.1, 0.15) is 41.7 Å². The summed E-state index contributed by atoms with van der Waals surface area (Å²) in [5, 5.41) is 3.68. The van der Waals surface area contributed by atoms with Crippen molar-refractivity contribution in [1.82, 2.24) is 15.8 Å². The predicted octanol–water partition coefficient (Wildman–Crippen LogP) is 5.28. The minimum atomic E-state index is -0.481. The molecule has 4 aromatic rings. The summed E-state index contributed by atoms with van der Waals surface area (Å²) in [5.41, 5.74) is 6.45. The van der Waals surface area contributed by atoms with Crippen molar-refractivity contribution in [2.45, 2.75) is 39.3 Å². The van der Waals surface area contributed by atoms with Gasteiger partial charge in [-0.05, 0) is 61.7 Å². The lowest BCUT2D eigenvalue weighted by Gasteiger charge is -2.19. The maximum atomic E-state index is 12.5. The molecule has 0 aliphatic carbocycles. The van der Waals surface area contributed by atoms with E-state index in [9.17, 15) is 9.59 Å². The Kier molecular flexibility index (Phi) is 7.05. The van der Waals surface area contributed by atoms with Gasteiger partial charge in [0.25, 0.3) is 5.91 Å². The average Bonchev–Trinajstić information content (AvgIpc) is 3.23.